The summed E-state index contributed by atoms with van der Waals surface area (Å²) < 4.78 is 33.6. The molecule has 0 aliphatic rings. The molecule has 1 atom stereocenters. The highest BCUT2D eigenvalue weighted by atomic mass is 35.5. The molecule has 3 aromatic rings. The molecule has 1 amide bonds. The van der Waals surface area contributed by atoms with E-state index in [1.807, 2.05) is 31.2 Å². The van der Waals surface area contributed by atoms with Crippen molar-refractivity contribution in [1.82, 2.24) is 5.32 Å². The first-order valence-electron chi connectivity index (χ1n) is 11.2. The Labute approximate surface area is 212 Å². The van der Waals surface area contributed by atoms with Crippen molar-refractivity contribution in [3.63, 3.8) is 0 Å². The molecule has 3 rings (SSSR count). The van der Waals surface area contributed by atoms with Gasteiger partial charge in [0, 0.05) is 5.02 Å². The number of anilines is 1. The standard InChI is InChI=1S/C27H31ClN2O4S/c1-19(20-11-13-21(14-12-20)27(2,3)4)29-26(31)18-30(24-17-22(28)15-16-25(24)34-5)35(32,33)23-9-7-6-8-10-23/h6-17,19H,18H2,1-5H3,(H,29,31)/t19-/m0/s1. The van der Waals surface area contributed by atoms with E-state index in [4.69, 9.17) is 16.3 Å². The topological polar surface area (TPSA) is 75.7 Å². The van der Waals surface area contributed by atoms with Gasteiger partial charge >= 0.3 is 0 Å². The number of methoxy groups -OCH3 is 1. The number of nitrogens with one attached hydrogen (secondary N) is 1. The first-order valence-corrected chi connectivity index (χ1v) is 13.1. The number of carbonyl (C=O) groups excluding carboxylic acids is 1. The minimum absolute atomic E-state index is 0.0212. The summed E-state index contributed by atoms with van der Waals surface area (Å²) in [7, 11) is -2.65. The quantitative estimate of drug-likeness (QED) is 0.417. The van der Waals surface area contributed by atoms with Crippen LogP contribution in [0, 0.1) is 0 Å². The monoisotopic (exact) mass is 514 g/mol. The van der Waals surface area contributed by atoms with E-state index >= 15 is 0 Å². The number of nitrogens with zero attached hydrogens (tertiary/aromatic N) is 1. The number of amides is 1. The third kappa shape index (κ3) is 6.35. The molecule has 0 radical (unpaired) electrons. The first-order chi connectivity index (χ1) is 16.4. The third-order valence-corrected chi connectivity index (χ3v) is 7.69. The van der Waals surface area contributed by atoms with E-state index in [-0.39, 0.29) is 27.8 Å². The zero-order valence-corrected chi connectivity index (χ0v) is 22.2. The van der Waals surface area contributed by atoms with Gasteiger partial charge in [0.15, 0.2) is 0 Å². The minimum Gasteiger partial charge on any atom is -0.495 e. The van der Waals surface area contributed by atoms with Crippen LogP contribution in [0.15, 0.2) is 77.7 Å². The van der Waals surface area contributed by atoms with Crippen LogP contribution in [0.2, 0.25) is 5.02 Å². The molecular formula is C27H31ClN2O4S. The number of sulfonamides is 1. The van der Waals surface area contributed by atoms with E-state index in [1.165, 1.54) is 30.9 Å². The van der Waals surface area contributed by atoms with Gasteiger partial charge in [0.05, 0.1) is 23.7 Å². The van der Waals surface area contributed by atoms with Crippen molar-refractivity contribution >= 4 is 33.2 Å². The summed E-state index contributed by atoms with van der Waals surface area (Å²) in [5, 5.41) is 3.23. The van der Waals surface area contributed by atoms with Crippen molar-refractivity contribution in [3.8, 4) is 5.75 Å². The predicted molar refractivity (Wildman–Crippen MR) is 141 cm³/mol. The summed E-state index contributed by atoms with van der Waals surface area (Å²) in [6, 6.07) is 20.3. The van der Waals surface area contributed by atoms with E-state index in [0.717, 1.165) is 9.87 Å². The van der Waals surface area contributed by atoms with Crippen LogP contribution in [0.25, 0.3) is 0 Å². The molecule has 0 aliphatic carbocycles. The number of benzene rings is 3. The Morgan fingerprint density at radius 2 is 1.66 bits per heavy atom. The molecule has 3 aromatic carbocycles. The molecule has 8 heteroatoms. The van der Waals surface area contributed by atoms with Crippen LogP contribution >= 0.6 is 11.6 Å². The Bertz CT molecular complexity index is 1270. The number of hydrogen-bond acceptors (Lipinski definition) is 4. The fourth-order valence-corrected chi connectivity index (χ4v) is 5.26. The average Bonchev–Trinajstić information content (AvgIpc) is 2.82. The number of ether oxygens (including phenoxy) is 1. The molecule has 1 N–H and O–H groups in total. The van der Waals surface area contributed by atoms with Crippen molar-refractivity contribution in [2.75, 3.05) is 18.0 Å². The second-order valence-corrected chi connectivity index (χ2v) is 11.6. The van der Waals surface area contributed by atoms with Gasteiger partial charge in [-0.2, -0.15) is 0 Å². The zero-order valence-electron chi connectivity index (χ0n) is 20.6. The van der Waals surface area contributed by atoms with Gasteiger partial charge in [-0.05, 0) is 53.8 Å². The lowest BCUT2D eigenvalue weighted by Gasteiger charge is -2.26. The number of rotatable bonds is 8. The molecule has 6 nitrogen and oxygen atoms in total. The number of halogens is 1. The molecule has 0 aromatic heterocycles. The maximum Gasteiger partial charge on any atom is 0.264 e. The fourth-order valence-electron chi connectivity index (χ4n) is 3.65. The molecule has 0 unspecified atom stereocenters. The van der Waals surface area contributed by atoms with Crippen LogP contribution in [-0.2, 0) is 20.2 Å². The summed E-state index contributed by atoms with van der Waals surface area (Å²) in [5.41, 5.74) is 2.31. The van der Waals surface area contributed by atoms with Crippen LogP contribution in [0.3, 0.4) is 0 Å². The van der Waals surface area contributed by atoms with Crippen LogP contribution in [-0.4, -0.2) is 28.0 Å². The Hall–Kier alpha value is -3.03. The summed E-state index contributed by atoms with van der Waals surface area (Å²) in [5.74, 6) is -0.175. The summed E-state index contributed by atoms with van der Waals surface area (Å²) in [4.78, 5) is 13.2. The van der Waals surface area contributed by atoms with Gasteiger partial charge in [0.1, 0.15) is 12.3 Å². The van der Waals surface area contributed by atoms with Crippen molar-refractivity contribution in [1.29, 1.82) is 0 Å². The van der Waals surface area contributed by atoms with Crippen molar-refractivity contribution in [2.24, 2.45) is 0 Å². The van der Waals surface area contributed by atoms with E-state index < -0.39 is 22.5 Å². The normalized spacial score (nSPS) is 12.6. The smallest absolute Gasteiger partial charge is 0.264 e. The van der Waals surface area contributed by atoms with E-state index in [0.29, 0.717) is 5.02 Å². The van der Waals surface area contributed by atoms with Gasteiger partial charge in [0.2, 0.25) is 5.91 Å². The molecule has 0 saturated heterocycles. The molecule has 0 saturated carbocycles. The first kappa shape index (κ1) is 26.6. The summed E-state index contributed by atoms with van der Waals surface area (Å²) in [6.07, 6.45) is 0. The predicted octanol–water partition coefficient (Wildman–Crippen LogP) is 5.72. The van der Waals surface area contributed by atoms with Gasteiger partial charge in [-0.15, -0.1) is 0 Å². The highest BCUT2D eigenvalue weighted by Crippen LogP contribution is 2.35. The van der Waals surface area contributed by atoms with E-state index in [9.17, 15) is 13.2 Å². The highest BCUT2D eigenvalue weighted by Gasteiger charge is 2.30. The second kappa shape index (κ2) is 10.7. The lowest BCUT2D eigenvalue weighted by Crippen LogP contribution is -2.41. The number of hydrogen-bond donors (Lipinski definition) is 1. The lowest BCUT2D eigenvalue weighted by atomic mass is 9.86. The van der Waals surface area contributed by atoms with E-state index in [1.54, 1.807) is 30.3 Å². The maximum atomic E-state index is 13.6. The fraction of sp³-hybridized carbons (Fsp3) is 0.296. The van der Waals surface area contributed by atoms with Gasteiger partial charge < -0.3 is 10.1 Å². The Morgan fingerprint density at radius 1 is 1.03 bits per heavy atom. The van der Waals surface area contributed by atoms with Crippen molar-refractivity contribution in [3.05, 3.63) is 88.9 Å². The summed E-state index contributed by atoms with van der Waals surface area (Å²) >= 11 is 6.18. The van der Waals surface area contributed by atoms with Gasteiger partial charge in [-0.3, -0.25) is 9.10 Å². The molecule has 0 aliphatic heterocycles. The zero-order chi connectivity index (χ0) is 25.8. The SMILES string of the molecule is COc1ccc(Cl)cc1N(CC(=O)N[C@@H](C)c1ccc(C(C)(C)C)cc1)S(=O)(=O)c1ccccc1. The molecule has 0 fully saturated rings. The van der Waals surface area contributed by atoms with Gasteiger partial charge in [-0.25, -0.2) is 8.42 Å². The van der Waals surface area contributed by atoms with Gasteiger partial charge in [0.25, 0.3) is 10.0 Å². The maximum absolute atomic E-state index is 13.6. The molecule has 35 heavy (non-hydrogen) atoms. The molecule has 0 bridgehead atoms. The summed E-state index contributed by atoms with van der Waals surface area (Å²) in [6.45, 7) is 7.83. The van der Waals surface area contributed by atoms with Crippen LogP contribution < -0.4 is 14.4 Å². The lowest BCUT2D eigenvalue weighted by molar-refractivity contribution is -0.120. The van der Waals surface area contributed by atoms with Crippen molar-refractivity contribution in [2.45, 2.75) is 44.0 Å². The Balaban J connectivity index is 1.91. The van der Waals surface area contributed by atoms with Crippen LogP contribution in [0.1, 0.15) is 44.9 Å². The molecular weight excluding hydrogens is 484 g/mol. The van der Waals surface area contributed by atoms with Crippen LogP contribution in [0.4, 0.5) is 5.69 Å². The Kier molecular flexibility index (Phi) is 8.13. The molecule has 0 heterocycles. The van der Waals surface area contributed by atoms with E-state index in [2.05, 4.69) is 26.1 Å². The third-order valence-electron chi connectivity index (χ3n) is 5.68. The van der Waals surface area contributed by atoms with Crippen LogP contribution in [0.5, 0.6) is 5.75 Å². The number of carbonyl (C=O) groups is 1. The van der Waals surface area contributed by atoms with Gasteiger partial charge in [-0.1, -0.05) is 74.8 Å². The Morgan fingerprint density at radius 3 is 2.23 bits per heavy atom. The molecule has 186 valence electrons. The highest BCUT2D eigenvalue weighted by molar-refractivity contribution is 7.92. The minimum atomic E-state index is -4.09. The average molecular weight is 515 g/mol. The second-order valence-electron chi connectivity index (χ2n) is 9.30. The van der Waals surface area contributed by atoms with Crippen molar-refractivity contribution < 1.29 is 17.9 Å². The largest absolute Gasteiger partial charge is 0.495 e. The molecule has 0 spiro atoms.